The molecule has 4 heteroatoms. The third-order valence-corrected chi connectivity index (χ3v) is 1.76. The van der Waals surface area contributed by atoms with Gasteiger partial charge in [0.25, 0.3) is 0 Å². The first-order chi connectivity index (χ1) is 4.97. The lowest BCUT2D eigenvalue weighted by atomic mass is 9.96. The second-order valence-corrected chi connectivity index (χ2v) is 2.81. The lowest BCUT2D eigenvalue weighted by Gasteiger charge is -2.15. The molecule has 1 rings (SSSR count). The van der Waals surface area contributed by atoms with Crippen LogP contribution in [0.1, 0.15) is 13.3 Å². The van der Waals surface area contributed by atoms with Gasteiger partial charge in [-0.3, -0.25) is 4.79 Å². The molecular formula is C7H9NO3. The molecule has 0 aromatic carbocycles. The SMILES string of the molecule is CC1=CC(=O)[C@](N)(C(=O)O)C1. The summed E-state index contributed by atoms with van der Waals surface area (Å²) in [5.74, 6) is -1.77. The minimum Gasteiger partial charge on any atom is -0.480 e. The van der Waals surface area contributed by atoms with Crippen molar-refractivity contribution in [3.05, 3.63) is 11.6 Å². The maximum atomic E-state index is 11.0. The highest BCUT2D eigenvalue weighted by Crippen LogP contribution is 2.23. The number of ketones is 1. The number of carbonyl (C=O) groups is 2. The van der Waals surface area contributed by atoms with Crippen LogP contribution >= 0.6 is 0 Å². The molecule has 0 aliphatic heterocycles. The van der Waals surface area contributed by atoms with E-state index in [0.29, 0.717) is 0 Å². The van der Waals surface area contributed by atoms with Crippen LogP contribution in [0.5, 0.6) is 0 Å². The first-order valence-electron chi connectivity index (χ1n) is 3.20. The van der Waals surface area contributed by atoms with Crippen LogP contribution in [0.2, 0.25) is 0 Å². The quantitative estimate of drug-likeness (QED) is 0.509. The van der Waals surface area contributed by atoms with Gasteiger partial charge in [-0.1, -0.05) is 5.57 Å². The number of aliphatic carboxylic acids is 1. The minimum atomic E-state index is -1.69. The molecule has 0 saturated heterocycles. The predicted molar refractivity (Wildman–Crippen MR) is 37.9 cm³/mol. The van der Waals surface area contributed by atoms with E-state index in [1.165, 1.54) is 6.08 Å². The largest absolute Gasteiger partial charge is 0.480 e. The Morgan fingerprint density at radius 2 is 2.36 bits per heavy atom. The summed E-state index contributed by atoms with van der Waals surface area (Å²) in [6.07, 6.45) is 1.41. The normalized spacial score (nSPS) is 30.4. The van der Waals surface area contributed by atoms with Crippen molar-refractivity contribution >= 4 is 11.8 Å². The standard InChI is InChI=1S/C7H9NO3/c1-4-2-5(9)7(8,3-4)6(10)11/h2H,3,8H2,1H3,(H,10,11)/t7-/m0/s1. The zero-order valence-electron chi connectivity index (χ0n) is 6.13. The maximum absolute atomic E-state index is 11.0. The van der Waals surface area contributed by atoms with Gasteiger partial charge in [-0.15, -0.1) is 0 Å². The fourth-order valence-electron chi connectivity index (χ4n) is 1.11. The molecule has 0 radical (unpaired) electrons. The van der Waals surface area contributed by atoms with Crippen molar-refractivity contribution in [3.8, 4) is 0 Å². The molecule has 11 heavy (non-hydrogen) atoms. The summed E-state index contributed by atoms with van der Waals surface area (Å²) >= 11 is 0. The number of carboxylic acids is 1. The summed E-state index contributed by atoms with van der Waals surface area (Å²) in [5.41, 5.74) is 4.37. The Hall–Kier alpha value is -1.16. The number of carbonyl (C=O) groups excluding carboxylic acids is 1. The van der Waals surface area contributed by atoms with Crippen LogP contribution in [-0.4, -0.2) is 22.4 Å². The molecule has 0 bridgehead atoms. The number of hydrogen-bond donors (Lipinski definition) is 2. The average Bonchev–Trinajstić information content (AvgIpc) is 2.08. The molecule has 0 spiro atoms. The average molecular weight is 155 g/mol. The van der Waals surface area contributed by atoms with E-state index in [4.69, 9.17) is 10.8 Å². The molecular weight excluding hydrogens is 146 g/mol. The van der Waals surface area contributed by atoms with Crippen molar-refractivity contribution in [2.75, 3.05) is 0 Å². The van der Waals surface area contributed by atoms with Crippen LogP contribution in [0.3, 0.4) is 0 Å². The van der Waals surface area contributed by atoms with Gasteiger partial charge >= 0.3 is 5.97 Å². The summed E-state index contributed by atoms with van der Waals surface area (Å²) in [5, 5.41) is 8.58. The molecule has 4 nitrogen and oxygen atoms in total. The number of carboxylic acid groups (broad SMARTS) is 1. The smallest absolute Gasteiger partial charge is 0.332 e. The van der Waals surface area contributed by atoms with E-state index in [9.17, 15) is 9.59 Å². The van der Waals surface area contributed by atoms with Gasteiger partial charge in [0.05, 0.1) is 0 Å². The summed E-state index contributed by atoms with van der Waals surface area (Å²) < 4.78 is 0. The van der Waals surface area contributed by atoms with Crippen LogP contribution in [0.25, 0.3) is 0 Å². The van der Waals surface area contributed by atoms with Crippen LogP contribution in [-0.2, 0) is 9.59 Å². The van der Waals surface area contributed by atoms with Crippen molar-refractivity contribution in [2.45, 2.75) is 18.9 Å². The lowest BCUT2D eigenvalue weighted by molar-refractivity contribution is -0.146. The summed E-state index contributed by atoms with van der Waals surface area (Å²) in [6.45, 7) is 1.69. The number of rotatable bonds is 1. The van der Waals surface area contributed by atoms with Gasteiger partial charge in [0.15, 0.2) is 11.3 Å². The van der Waals surface area contributed by atoms with Crippen LogP contribution < -0.4 is 5.73 Å². The van der Waals surface area contributed by atoms with E-state index in [2.05, 4.69) is 0 Å². The second-order valence-electron chi connectivity index (χ2n) is 2.81. The molecule has 0 aromatic rings. The molecule has 0 unspecified atom stereocenters. The van der Waals surface area contributed by atoms with E-state index < -0.39 is 17.3 Å². The Morgan fingerprint density at radius 3 is 2.55 bits per heavy atom. The van der Waals surface area contributed by atoms with Gasteiger partial charge in [0.1, 0.15) is 0 Å². The topological polar surface area (TPSA) is 80.4 Å². The van der Waals surface area contributed by atoms with Crippen molar-refractivity contribution in [2.24, 2.45) is 5.73 Å². The zero-order chi connectivity index (χ0) is 8.65. The van der Waals surface area contributed by atoms with Crippen molar-refractivity contribution in [1.29, 1.82) is 0 Å². The van der Waals surface area contributed by atoms with E-state index in [1.807, 2.05) is 0 Å². The van der Waals surface area contributed by atoms with Gasteiger partial charge < -0.3 is 10.8 Å². The van der Waals surface area contributed by atoms with Crippen molar-refractivity contribution in [3.63, 3.8) is 0 Å². The molecule has 1 aliphatic carbocycles. The van der Waals surface area contributed by atoms with E-state index in [1.54, 1.807) is 6.92 Å². The second kappa shape index (κ2) is 2.17. The van der Waals surface area contributed by atoms with Gasteiger partial charge in [-0.05, 0) is 13.0 Å². The van der Waals surface area contributed by atoms with Crippen molar-refractivity contribution < 1.29 is 14.7 Å². The Morgan fingerprint density at radius 1 is 1.82 bits per heavy atom. The van der Waals surface area contributed by atoms with Gasteiger partial charge in [-0.25, -0.2) is 4.79 Å². The first-order valence-corrected chi connectivity index (χ1v) is 3.20. The molecule has 0 saturated carbocycles. The zero-order valence-corrected chi connectivity index (χ0v) is 6.13. The van der Waals surface area contributed by atoms with Crippen LogP contribution in [0.4, 0.5) is 0 Å². The molecule has 60 valence electrons. The molecule has 3 N–H and O–H groups in total. The fourth-order valence-corrected chi connectivity index (χ4v) is 1.11. The predicted octanol–water partition coefficient (Wildman–Crippen LogP) is -0.312. The third-order valence-electron chi connectivity index (χ3n) is 1.76. The minimum absolute atomic E-state index is 0.126. The molecule has 0 aromatic heterocycles. The van der Waals surface area contributed by atoms with Gasteiger partial charge in [0, 0.05) is 6.42 Å². The van der Waals surface area contributed by atoms with Crippen LogP contribution in [0, 0.1) is 0 Å². The highest BCUT2D eigenvalue weighted by atomic mass is 16.4. The molecule has 0 heterocycles. The van der Waals surface area contributed by atoms with Crippen molar-refractivity contribution in [1.82, 2.24) is 0 Å². The Bertz CT molecular complexity index is 256. The monoisotopic (exact) mass is 155 g/mol. The van der Waals surface area contributed by atoms with E-state index in [0.717, 1.165) is 5.57 Å². The first kappa shape index (κ1) is 7.94. The maximum Gasteiger partial charge on any atom is 0.332 e. The molecule has 0 amide bonds. The Kier molecular flexibility index (Phi) is 1.56. The molecule has 0 fully saturated rings. The van der Waals surface area contributed by atoms with Gasteiger partial charge in [-0.2, -0.15) is 0 Å². The highest BCUT2D eigenvalue weighted by molar-refractivity contribution is 6.15. The van der Waals surface area contributed by atoms with Crippen LogP contribution in [0.15, 0.2) is 11.6 Å². The Labute approximate surface area is 63.7 Å². The van der Waals surface area contributed by atoms with E-state index in [-0.39, 0.29) is 6.42 Å². The fraction of sp³-hybridized carbons (Fsp3) is 0.429. The third kappa shape index (κ3) is 1.05. The Balaban J connectivity index is 2.96. The van der Waals surface area contributed by atoms with Gasteiger partial charge in [0.2, 0.25) is 0 Å². The molecule has 1 atom stereocenters. The molecule has 1 aliphatic rings. The summed E-state index contributed by atoms with van der Waals surface area (Å²) in [4.78, 5) is 21.5. The lowest BCUT2D eigenvalue weighted by Crippen LogP contribution is -2.51. The summed E-state index contributed by atoms with van der Waals surface area (Å²) in [7, 11) is 0. The van der Waals surface area contributed by atoms with E-state index >= 15 is 0 Å². The highest BCUT2D eigenvalue weighted by Gasteiger charge is 2.44. The number of nitrogens with two attached hydrogens (primary N) is 1. The number of hydrogen-bond acceptors (Lipinski definition) is 3. The summed E-state index contributed by atoms with van der Waals surface area (Å²) in [6, 6.07) is 0.